The third-order valence-electron chi connectivity index (χ3n) is 1.77. The van der Waals surface area contributed by atoms with Gasteiger partial charge < -0.3 is 5.73 Å². The van der Waals surface area contributed by atoms with Crippen molar-refractivity contribution >= 4 is 11.3 Å². The highest BCUT2D eigenvalue weighted by molar-refractivity contribution is 5.81. The largest absolute Gasteiger partial charge is 0.399 e. The fraction of sp³-hybridized carbons (Fsp3) is 0. The van der Waals surface area contributed by atoms with Crippen molar-refractivity contribution in [2.24, 2.45) is 0 Å². The summed E-state index contributed by atoms with van der Waals surface area (Å²) in [6.07, 6.45) is 5.21. The number of nitrogens with two attached hydrogens (primary N) is 1. The molecule has 2 N–H and O–H groups in total. The maximum Gasteiger partial charge on any atom is 0.0320 e. The molecule has 1 rings (SSSR count). The second-order valence-electron chi connectivity index (χ2n) is 2.73. The van der Waals surface area contributed by atoms with Crippen LogP contribution in [-0.4, -0.2) is 0 Å². The number of allylic oxidation sites excluding steroid dienone is 2. The minimum atomic E-state index is 0.589. The zero-order valence-corrected chi connectivity index (χ0v) is 7.38. The Bertz CT molecular complexity index is 394. The Kier molecular flexibility index (Phi) is 2.56. The Labute approximate surface area is 78.6 Å². The molecule has 1 aromatic carbocycles. The van der Waals surface area contributed by atoms with Crippen molar-refractivity contribution in [2.75, 3.05) is 5.73 Å². The van der Waals surface area contributed by atoms with Gasteiger partial charge in [-0.15, -0.1) is 6.42 Å². The van der Waals surface area contributed by atoms with Gasteiger partial charge in [-0.25, -0.2) is 0 Å². The lowest BCUT2D eigenvalue weighted by molar-refractivity contribution is 1.60. The van der Waals surface area contributed by atoms with E-state index in [1.54, 1.807) is 0 Å². The summed E-state index contributed by atoms with van der Waals surface area (Å²) >= 11 is 0. The molecule has 1 aromatic rings. The van der Waals surface area contributed by atoms with Gasteiger partial charge in [0.15, 0.2) is 0 Å². The summed E-state index contributed by atoms with van der Waals surface area (Å²) in [6, 6.07) is 7.40. The fourth-order valence-corrected chi connectivity index (χ4v) is 0.988. The number of nitrogen functional groups attached to an aromatic ring is 1. The SMILES string of the molecule is C#CC(=C)C(=C)c1cccc(N)c1. The van der Waals surface area contributed by atoms with Gasteiger partial charge in [0.05, 0.1) is 0 Å². The number of hydrogen-bond acceptors (Lipinski definition) is 1. The summed E-state index contributed by atoms with van der Waals surface area (Å²) < 4.78 is 0. The maximum atomic E-state index is 5.62. The van der Waals surface area contributed by atoms with Crippen LogP contribution in [0.1, 0.15) is 5.56 Å². The molecule has 0 spiro atoms. The lowest BCUT2D eigenvalue weighted by Crippen LogP contribution is -1.88. The molecule has 64 valence electrons. The van der Waals surface area contributed by atoms with Crippen LogP contribution in [0, 0.1) is 12.3 Å². The Balaban J connectivity index is 3.04. The minimum absolute atomic E-state index is 0.589. The van der Waals surface area contributed by atoms with Gasteiger partial charge in [0, 0.05) is 11.3 Å². The van der Waals surface area contributed by atoms with Crippen LogP contribution in [0.15, 0.2) is 43.0 Å². The van der Waals surface area contributed by atoms with Crippen molar-refractivity contribution < 1.29 is 0 Å². The molecular weight excluding hydrogens is 158 g/mol. The normalized spacial score (nSPS) is 8.85. The van der Waals surface area contributed by atoms with E-state index in [0.717, 1.165) is 11.1 Å². The highest BCUT2D eigenvalue weighted by Crippen LogP contribution is 2.20. The van der Waals surface area contributed by atoms with E-state index in [1.165, 1.54) is 0 Å². The Morgan fingerprint density at radius 2 is 2.08 bits per heavy atom. The van der Waals surface area contributed by atoms with Crippen LogP contribution in [0.4, 0.5) is 5.69 Å². The van der Waals surface area contributed by atoms with Gasteiger partial charge >= 0.3 is 0 Å². The third-order valence-corrected chi connectivity index (χ3v) is 1.77. The van der Waals surface area contributed by atoms with Gasteiger partial charge in [0.25, 0.3) is 0 Å². The van der Waals surface area contributed by atoms with E-state index in [1.807, 2.05) is 24.3 Å². The molecular formula is C12H11N. The number of hydrogen-bond donors (Lipinski definition) is 1. The number of anilines is 1. The molecule has 0 bridgehead atoms. The van der Waals surface area contributed by atoms with E-state index < -0.39 is 0 Å². The summed E-state index contributed by atoms with van der Waals surface area (Å²) in [6.45, 7) is 7.54. The third kappa shape index (κ3) is 2.00. The molecule has 0 saturated carbocycles. The van der Waals surface area contributed by atoms with Crippen molar-refractivity contribution in [2.45, 2.75) is 0 Å². The average Bonchev–Trinajstić information content (AvgIpc) is 2.15. The number of terminal acetylenes is 1. The number of benzene rings is 1. The van der Waals surface area contributed by atoms with E-state index >= 15 is 0 Å². The first-order valence-corrected chi connectivity index (χ1v) is 3.86. The second-order valence-corrected chi connectivity index (χ2v) is 2.73. The molecule has 13 heavy (non-hydrogen) atoms. The predicted molar refractivity (Wildman–Crippen MR) is 57.9 cm³/mol. The molecule has 0 aliphatic rings. The summed E-state index contributed by atoms with van der Waals surface area (Å²) in [5.74, 6) is 2.45. The summed E-state index contributed by atoms with van der Waals surface area (Å²) in [5, 5.41) is 0. The first-order valence-electron chi connectivity index (χ1n) is 3.86. The van der Waals surface area contributed by atoms with Crippen LogP contribution in [-0.2, 0) is 0 Å². The molecule has 0 saturated heterocycles. The van der Waals surface area contributed by atoms with Crippen LogP contribution in [0.3, 0.4) is 0 Å². The van der Waals surface area contributed by atoms with Gasteiger partial charge in [0.1, 0.15) is 0 Å². The molecule has 0 unspecified atom stereocenters. The Morgan fingerprint density at radius 1 is 1.38 bits per heavy atom. The van der Waals surface area contributed by atoms with Crippen molar-refractivity contribution in [3.05, 3.63) is 48.6 Å². The molecule has 0 atom stereocenters. The van der Waals surface area contributed by atoms with E-state index in [-0.39, 0.29) is 0 Å². The first-order chi connectivity index (χ1) is 6.15. The predicted octanol–water partition coefficient (Wildman–Crippen LogP) is 2.47. The molecule has 0 heterocycles. The van der Waals surface area contributed by atoms with Gasteiger partial charge in [0.2, 0.25) is 0 Å². The summed E-state index contributed by atoms with van der Waals surface area (Å²) in [5.41, 5.74) is 8.57. The molecule has 0 fully saturated rings. The molecule has 0 aliphatic carbocycles. The van der Waals surface area contributed by atoms with E-state index in [0.29, 0.717) is 11.3 Å². The summed E-state index contributed by atoms with van der Waals surface area (Å²) in [7, 11) is 0. The van der Waals surface area contributed by atoms with Gasteiger partial charge in [-0.05, 0) is 23.3 Å². The van der Waals surface area contributed by atoms with Crippen LogP contribution < -0.4 is 5.73 Å². The second kappa shape index (κ2) is 3.64. The van der Waals surface area contributed by atoms with Crippen molar-refractivity contribution in [1.29, 1.82) is 0 Å². The fourth-order valence-electron chi connectivity index (χ4n) is 0.988. The highest BCUT2D eigenvalue weighted by atomic mass is 14.5. The Hall–Kier alpha value is -1.94. The van der Waals surface area contributed by atoms with Crippen LogP contribution in [0.5, 0.6) is 0 Å². The number of rotatable bonds is 2. The van der Waals surface area contributed by atoms with Gasteiger partial charge in [-0.2, -0.15) is 0 Å². The topological polar surface area (TPSA) is 26.0 Å². The quantitative estimate of drug-likeness (QED) is 0.411. The van der Waals surface area contributed by atoms with Gasteiger partial charge in [-0.1, -0.05) is 31.2 Å². The van der Waals surface area contributed by atoms with E-state index in [2.05, 4.69) is 19.1 Å². The molecule has 0 radical (unpaired) electrons. The van der Waals surface area contributed by atoms with Crippen LogP contribution in [0.25, 0.3) is 5.57 Å². The lowest BCUT2D eigenvalue weighted by Gasteiger charge is -2.04. The molecule has 0 aliphatic heterocycles. The monoisotopic (exact) mass is 169 g/mol. The minimum Gasteiger partial charge on any atom is -0.399 e. The molecule has 0 amide bonds. The average molecular weight is 169 g/mol. The van der Waals surface area contributed by atoms with Crippen molar-refractivity contribution in [3.8, 4) is 12.3 Å². The first kappa shape index (κ1) is 9.15. The zero-order chi connectivity index (χ0) is 9.84. The molecule has 1 nitrogen and oxygen atoms in total. The maximum absolute atomic E-state index is 5.62. The van der Waals surface area contributed by atoms with E-state index in [4.69, 9.17) is 12.2 Å². The van der Waals surface area contributed by atoms with Crippen LogP contribution >= 0.6 is 0 Å². The van der Waals surface area contributed by atoms with Crippen LogP contribution in [0.2, 0.25) is 0 Å². The van der Waals surface area contributed by atoms with Crippen molar-refractivity contribution in [1.82, 2.24) is 0 Å². The summed E-state index contributed by atoms with van der Waals surface area (Å²) in [4.78, 5) is 0. The smallest absolute Gasteiger partial charge is 0.0320 e. The standard InChI is InChI=1S/C12H11N/c1-4-9(2)10(3)11-6-5-7-12(13)8-11/h1,5-8H,2-3,13H2. The zero-order valence-electron chi connectivity index (χ0n) is 7.38. The lowest BCUT2D eigenvalue weighted by atomic mass is 10.0. The molecule has 0 aromatic heterocycles. The van der Waals surface area contributed by atoms with Gasteiger partial charge in [-0.3, -0.25) is 0 Å². The van der Waals surface area contributed by atoms with E-state index in [9.17, 15) is 0 Å². The van der Waals surface area contributed by atoms with Crippen molar-refractivity contribution in [3.63, 3.8) is 0 Å². The molecule has 1 heteroatoms. The highest BCUT2D eigenvalue weighted by Gasteiger charge is 2.00. The Morgan fingerprint density at radius 3 is 2.62 bits per heavy atom.